The lowest BCUT2D eigenvalue weighted by Crippen LogP contribution is -1.97. The molecule has 0 saturated heterocycles. The van der Waals surface area contributed by atoms with Gasteiger partial charge in [-0.2, -0.15) is 0 Å². The van der Waals surface area contributed by atoms with Crippen LogP contribution in [-0.4, -0.2) is 11.7 Å². The highest BCUT2D eigenvalue weighted by atomic mass is 127. The summed E-state index contributed by atoms with van der Waals surface area (Å²) in [6, 6.07) is 5.36. The number of unbranched alkanes of at least 4 members (excludes halogenated alkanes) is 5. The van der Waals surface area contributed by atoms with Crippen LogP contribution in [0.2, 0.25) is 0 Å². The Morgan fingerprint density at radius 3 is 2.53 bits per heavy atom. The molecular weight excluding hydrogens is 327 g/mol. The van der Waals surface area contributed by atoms with Crippen LogP contribution >= 0.6 is 22.6 Å². The molecule has 0 spiro atoms. The van der Waals surface area contributed by atoms with Gasteiger partial charge in [0.15, 0.2) is 0 Å². The normalized spacial score (nSPS) is 10.5. The van der Waals surface area contributed by atoms with Crippen LogP contribution in [-0.2, 0) is 0 Å². The van der Waals surface area contributed by atoms with E-state index in [0.29, 0.717) is 5.75 Å². The molecule has 0 aliphatic carbocycles. The zero-order valence-corrected chi connectivity index (χ0v) is 12.6. The Hall–Kier alpha value is -0.450. The number of rotatable bonds is 8. The number of hydrogen-bond donors (Lipinski definition) is 1. The quantitative estimate of drug-likeness (QED) is 0.543. The molecule has 3 heteroatoms. The first-order chi connectivity index (χ1) is 8.24. The number of aromatic hydroxyl groups is 1. The van der Waals surface area contributed by atoms with Crippen LogP contribution < -0.4 is 4.74 Å². The van der Waals surface area contributed by atoms with Crippen molar-refractivity contribution < 1.29 is 9.84 Å². The molecule has 0 aromatic heterocycles. The molecular formula is C14H21IO2. The maximum Gasteiger partial charge on any atom is 0.129 e. The maximum absolute atomic E-state index is 9.37. The molecule has 17 heavy (non-hydrogen) atoms. The summed E-state index contributed by atoms with van der Waals surface area (Å²) in [5, 5.41) is 9.37. The number of phenols is 1. The summed E-state index contributed by atoms with van der Waals surface area (Å²) in [7, 11) is 0. The SMILES string of the molecule is CCCCCCCCOc1ccc(O)c(I)c1. The van der Waals surface area contributed by atoms with E-state index in [0.717, 1.165) is 22.3 Å². The van der Waals surface area contributed by atoms with E-state index in [1.165, 1.54) is 32.1 Å². The molecule has 0 atom stereocenters. The molecule has 1 rings (SSSR count). The van der Waals surface area contributed by atoms with Gasteiger partial charge in [0, 0.05) is 0 Å². The van der Waals surface area contributed by atoms with Crippen molar-refractivity contribution in [3.8, 4) is 11.5 Å². The van der Waals surface area contributed by atoms with Gasteiger partial charge in [0.25, 0.3) is 0 Å². The van der Waals surface area contributed by atoms with Crippen LogP contribution in [0.15, 0.2) is 18.2 Å². The fourth-order valence-electron chi connectivity index (χ4n) is 1.65. The Morgan fingerprint density at radius 2 is 1.82 bits per heavy atom. The van der Waals surface area contributed by atoms with Crippen LogP contribution in [0.3, 0.4) is 0 Å². The monoisotopic (exact) mass is 348 g/mol. The highest BCUT2D eigenvalue weighted by Gasteiger charge is 2.00. The van der Waals surface area contributed by atoms with E-state index in [4.69, 9.17) is 4.74 Å². The van der Waals surface area contributed by atoms with E-state index in [1.54, 1.807) is 6.07 Å². The van der Waals surface area contributed by atoms with Gasteiger partial charge >= 0.3 is 0 Å². The molecule has 0 heterocycles. The molecule has 2 nitrogen and oxygen atoms in total. The largest absolute Gasteiger partial charge is 0.507 e. The Morgan fingerprint density at radius 1 is 1.12 bits per heavy atom. The van der Waals surface area contributed by atoms with E-state index >= 15 is 0 Å². The Balaban J connectivity index is 2.11. The average molecular weight is 348 g/mol. The summed E-state index contributed by atoms with van der Waals surface area (Å²) in [6.45, 7) is 3.00. The van der Waals surface area contributed by atoms with E-state index in [9.17, 15) is 5.11 Å². The Kier molecular flexibility index (Phi) is 7.40. The van der Waals surface area contributed by atoms with Crippen LogP contribution in [0.4, 0.5) is 0 Å². The Bertz CT molecular complexity index is 326. The smallest absolute Gasteiger partial charge is 0.129 e. The molecule has 1 aromatic carbocycles. The molecule has 0 radical (unpaired) electrons. The highest BCUT2D eigenvalue weighted by Crippen LogP contribution is 2.24. The van der Waals surface area contributed by atoms with Crippen LogP contribution in [0.25, 0.3) is 0 Å². The minimum atomic E-state index is 0.317. The predicted molar refractivity (Wildman–Crippen MR) is 79.7 cm³/mol. The number of benzene rings is 1. The van der Waals surface area contributed by atoms with E-state index in [2.05, 4.69) is 29.5 Å². The number of hydrogen-bond acceptors (Lipinski definition) is 2. The van der Waals surface area contributed by atoms with Gasteiger partial charge < -0.3 is 9.84 Å². The first kappa shape index (κ1) is 14.6. The van der Waals surface area contributed by atoms with Gasteiger partial charge in [0.2, 0.25) is 0 Å². The lowest BCUT2D eigenvalue weighted by molar-refractivity contribution is 0.303. The topological polar surface area (TPSA) is 29.5 Å². The zero-order valence-electron chi connectivity index (χ0n) is 10.4. The molecule has 0 amide bonds. The van der Waals surface area contributed by atoms with Crippen molar-refractivity contribution in [3.63, 3.8) is 0 Å². The summed E-state index contributed by atoms with van der Waals surface area (Å²) in [5.41, 5.74) is 0. The van der Waals surface area contributed by atoms with Gasteiger partial charge in [0.1, 0.15) is 11.5 Å². The highest BCUT2D eigenvalue weighted by molar-refractivity contribution is 14.1. The van der Waals surface area contributed by atoms with Gasteiger partial charge in [-0.3, -0.25) is 0 Å². The van der Waals surface area contributed by atoms with Crippen molar-refractivity contribution in [3.05, 3.63) is 21.8 Å². The standard InChI is InChI=1S/C14H21IO2/c1-2-3-4-5-6-7-10-17-12-8-9-14(16)13(15)11-12/h8-9,11,16H,2-7,10H2,1H3. The fraction of sp³-hybridized carbons (Fsp3) is 0.571. The second kappa shape index (κ2) is 8.61. The van der Waals surface area contributed by atoms with Crippen LogP contribution in [0.5, 0.6) is 11.5 Å². The molecule has 0 aliphatic heterocycles. The Labute approximate surface area is 118 Å². The number of ether oxygens (including phenoxy) is 1. The minimum Gasteiger partial charge on any atom is -0.507 e. The van der Waals surface area contributed by atoms with Crippen molar-refractivity contribution >= 4 is 22.6 Å². The lowest BCUT2D eigenvalue weighted by atomic mass is 10.1. The fourth-order valence-corrected chi connectivity index (χ4v) is 2.14. The third kappa shape index (κ3) is 6.15. The first-order valence-electron chi connectivity index (χ1n) is 6.35. The van der Waals surface area contributed by atoms with Gasteiger partial charge in [-0.25, -0.2) is 0 Å². The summed E-state index contributed by atoms with van der Waals surface area (Å²) in [6.07, 6.45) is 7.65. The van der Waals surface area contributed by atoms with Crippen molar-refractivity contribution in [2.24, 2.45) is 0 Å². The summed E-state index contributed by atoms with van der Waals surface area (Å²) in [4.78, 5) is 0. The maximum atomic E-state index is 9.37. The van der Waals surface area contributed by atoms with Crippen LogP contribution in [0, 0.1) is 3.57 Å². The van der Waals surface area contributed by atoms with E-state index < -0.39 is 0 Å². The van der Waals surface area contributed by atoms with E-state index in [1.807, 2.05) is 12.1 Å². The second-order valence-electron chi connectivity index (χ2n) is 4.23. The molecule has 0 bridgehead atoms. The number of halogens is 1. The molecule has 0 fully saturated rings. The molecule has 96 valence electrons. The second-order valence-corrected chi connectivity index (χ2v) is 5.39. The van der Waals surface area contributed by atoms with Crippen molar-refractivity contribution in [2.45, 2.75) is 45.4 Å². The van der Waals surface area contributed by atoms with Crippen molar-refractivity contribution in [2.75, 3.05) is 6.61 Å². The van der Waals surface area contributed by atoms with Gasteiger partial charge in [0.05, 0.1) is 10.2 Å². The molecule has 1 aromatic rings. The summed E-state index contributed by atoms with van der Waals surface area (Å²) < 4.78 is 6.47. The molecule has 1 N–H and O–H groups in total. The molecule has 0 saturated carbocycles. The van der Waals surface area contributed by atoms with Crippen molar-refractivity contribution in [1.29, 1.82) is 0 Å². The number of phenolic OH excluding ortho intramolecular Hbond substituents is 1. The minimum absolute atomic E-state index is 0.317. The lowest BCUT2D eigenvalue weighted by Gasteiger charge is -2.07. The first-order valence-corrected chi connectivity index (χ1v) is 7.43. The van der Waals surface area contributed by atoms with Crippen molar-refractivity contribution in [1.82, 2.24) is 0 Å². The summed E-state index contributed by atoms with van der Waals surface area (Å²) in [5.74, 6) is 1.17. The van der Waals surface area contributed by atoms with Gasteiger partial charge in [-0.1, -0.05) is 39.0 Å². The van der Waals surface area contributed by atoms with Crippen LogP contribution in [0.1, 0.15) is 45.4 Å². The summed E-state index contributed by atoms with van der Waals surface area (Å²) >= 11 is 2.10. The molecule has 0 aliphatic rings. The average Bonchev–Trinajstić information content (AvgIpc) is 2.32. The molecule has 0 unspecified atom stereocenters. The van der Waals surface area contributed by atoms with E-state index in [-0.39, 0.29) is 0 Å². The zero-order chi connectivity index (χ0) is 12.5. The van der Waals surface area contributed by atoms with Gasteiger partial charge in [-0.05, 0) is 47.2 Å². The predicted octanol–water partition coefficient (Wildman–Crippen LogP) is 4.74. The third-order valence-electron chi connectivity index (χ3n) is 2.69. The van der Waals surface area contributed by atoms with Gasteiger partial charge in [-0.15, -0.1) is 0 Å². The third-order valence-corrected chi connectivity index (χ3v) is 3.55.